The van der Waals surface area contributed by atoms with Crippen LogP contribution in [0.5, 0.6) is 0 Å². The zero-order valence-corrected chi connectivity index (χ0v) is 31.9. The van der Waals surface area contributed by atoms with Gasteiger partial charge in [-0.1, -0.05) is 72.8 Å². The Balaban J connectivity index is 1.08. The lowest BCUT2D eigenvalue weighted by Gasteiger charge is -2.26. The number of aryl methyl sites for hydroxylation is 2. The van der Waals surface area contributed by atoms with E-state index in [0.717, 1.165) is 88.4 Å². The number of para-hydroxylation sites is 2. The normalized spacial score (nSPS) is 11.6. The van der Waals surface area contributed by atoms with Crippen LogP contribution >= 0.6 is 0 Å². The quantitative estimate of drug-likeness (QED) is 0.159. The van der Waals surface area contributed by atoms with Crippen molar-refractivity contribution in [3.8, 4) is 0 Å². The summed E-state index contributed by atoms with van der Waals surface area (Å²) >= 11 is 0. The Morgan fingerprint density at radius 1 is 0.397 bits per heavy atom. The summed E-state index contributed by atoms with van der Waals surface area (Å²) in [4.78, 5) is 8.49. The number of furan rings is 2. The summed E-state index contributed by atoms with van der Waals surface area (Å²) in [5, 5.41) is 8.10. The monoisotopic (exact) mass is 745 g/mol. The molecule has 0 bridgehead atoms. The number of hydrogen-bond acceptors (Lipinski definition) is 4. The minimum Gasteiger partial charge on any atom is -0.467 e. The molecule has 0 aliphatic heterocycles. The maximum absolute atomic E-state index is 8.16. The van der Waals surface area contributed by atoms with Crippen molar-refractivity contribution >= 4 is 105 Å². The molecule has 5 nitrogen and oxygen atoms in total. The summed E-state index contributed by atoms with van der Waals surface area (Å²) in [6, 6.07) is 61.7. The van der Waals surface area contributed by atoms with Gasteiger partial charge in [-0.15, -0.1) is 0 Å². The average molecular weight is 746 g/mol. The molecule has 2 aromatic heterocycles. The minimum atomic E-state index is 0.431. The second kappa shape index (κ2) is 13.2. The summed E-state index contributed by atoms with van der Waals surface area (Å²) in [5.74, 6) is 0. The van der Waals surface area contributed by atoms with E-state index in [9.17, 15) is 0 Å². The highest BCUT2D eigenvalue weighted by Gasteiger charge is 2.22. The highest BCUT2D eigenvalue weighted by Crippen LogP contribution is 2.47. The largest absolute Gasteiger partial charge is 0.467 e. The van der Waals surface area contributed by atoms with Crippen molar-refractivity contribution < 1.29 is 8.83 Å². The second-order valence-corrected chi connectivity index (χ2v) is 15.1. The fourth-order valence-corrected chi connectivity index (χ4v) is 8.60. The summed E-state index contributed by atoms with van der Waals surface area (Å²) in [5.41, 5.74) is 12.0. The molecule has 274 valence electrons. The molecule has 0 atom stereocenters. The topological polar surface area (TPSA) is 37.1 Å². The molecule has 0 saturated carbocycles. The maximum Gasteiger partial charge on any atom is 0.233 e. The molecule has 11 aromatic rings. The number of anilines is 6. The first-order chi connectivity index (χ1) is 28.5. The number of fused-ring (bicyclic) bond motifs is 9. The van der Waals surface area contributed by atoms with Crippen LogP contribution in [0.15, 0.2) is 185 Å². The molecule has 0 fully saturated rings. The number of rotatable bonds is 6. The van der Waals surface area contributed by atoms with E-state index in [-0.39, 0.29) is 0 Å². The molecule has 0 unspecified atom stereocenters. The molecule has 0 spiro atoms. The summed E-state index contributed by atoms with van der Waals surface area (Å²) in [6.45, 7) is 12.4. The van der Waals surface area contributed by atoms with Gasteiger partial charge in [0.15, 0.2) is 0 Å². The molecule has 58 heavy (non-hydrogen) atoms. The van der Waals surface area contributed by atoms with Crippen LogP contribution in [-0.4, -0.2) is 0 Å². The van der Waals surface area contributed by atoms with Gasteiger partial charge in [-0.05, 0) is 150 Å². The first-order valence-corrected chi connectivity index (χ1v) is 19.4. The third kappa shape index (κ3) is 5.46. The lowest BCUT2D eigenvalue weighted by molar-refractivity contribution is 0.665. The van der Waals surface area contributed by atoms with Crippen LogP contribution in [-0.2, 0) is 0 Å². The molecule has 11 rings (SSSR count). The molecule has 9 aromatic carbocycles. The first kappa shape index (κ1) is 33.5. The van der Waals surface area contributed by atoms with Crippen molar-refractivity contribution in [3.05, 3.63) is 198 Å². The molecular weight excluding hydrogens is 711 g/mol. The van der Waals surface area contributed by atoms with Gasteiger partial charge in [-0.2, -0.15) is 0 Å². The van der Waals surface area contributed by atoms with Crippen molar-refractivity contribution in [1.82, 2.24) is 0 Å². The molecule has 0 saturated heterocycles. The van der Waals surface area contributed by atoms with Gasteiger partial charge in [0.05, 0.1) is 6.57 Å². The second-order valence-electron chi connectivity index (χ2n) is 15.1. The van der Waals surface area contributed by atoms with E-state index < -0.39 is 0 Å². The fraction of sp³-hybridized carbons (Fsp3) is 0.0377. The van der Waals surface area contributed by atoms with Crippen LogP contribution in [0, 0.1) is 20.4 Å². The van der Waals surface area contributed by atoms with Crippen LogP contribution in [0.3, 0.4) is 0 Å². The van der Waals surface area contributed by atoms with Crippen LogP contribution < -0.4 is 9.80 Å². The zero-order chi connectivity index (χ0) is 38.9. The van der Waals surface area contributed by atoms with Gasteiger partial charge in [0.2, 0.25) is 5.69 Å². The Bertz CT molecular complexity index is 3450. The van der Waals surface area contributed by atoms with E-state index in [1.807, 2.05) is 18.2 Å². The van der Waals surface area contributed by atoms with E-state index in [4.69, 9.17) is 15.4 Å². The zero-order valence-electron chi connectivity index (χ0n) is 31.9. The summed E-state index contributed by atoms with van der Waals surface area (Å²) in [6.07, 6.45) is 0. The van der Waals surface area contributed by atoms with E-state index in [2.05, 4.69) is 186 Å². The third-order valence-corrected chi connectivity index (χ3v) is 11.2. The van der Waals surface area contributed by atoms with Crippen molar-refractivity contribution in [1.29, 1.82) is 0 Å². The lowest BCUT2D eigenvalue weighted by Crippen LogP contribution is -2.09. The number of nitrogens with zero attached hydrogens (tertiary/aromatic N) is 3. The van der Waals surface area contributed by atoms with Gasteiger partial charge < -0.3 is 18.6 Å². The van der Waals surface area contributed by atoms with E-state index >= 15 is 0 Å². The molecular formula is C53H35N3O2. The smallest absolute Gasteiger partial charge is 0.233 e. The van der Waals surface area contributed by atoms with E-state index in [0.29, 0.717) is 16.9 Å². The predicted octanol–water partition coefficient (Wildman–Crippen LogP) is 15.9. The minimum absolute atomic E-state index is 0.431. The fourth-order valence-electron chi connectivity index (χ4n) is 8.60. The van der Waals surface area contributed by atoms with Crippen LogP contribution in [0.1, 0.15) is 11.1 Å². The standard InChI is InChI=1S/C53H35N3O2/c1-33-12-10-18-41(24-33)55(39-14-6-4-7-15-39)43-22-20-35-28-45-48(30-37(35)26-43)57-50-32-47(54-3)53-52(51(45)50)46-29-36-21-23-44(27-38(36)31-49(46)58-53)56(40-16-8-5-9-17-40)42-19-11-13-34(2)25-42/h4-32H,1-2H3. The Kier molecular flexibility index (Phi) is 7.60. The van der Waals surface area contributed by atoms with Crippen molar-refractivity contribution in [2.45, 2.75) is 13.8 Å². The lowest BCUT2D eigenvalue weighted by atomic mass is 10.00. The predicted molar refractivity (Wildman–Crippen MR) is 241 cm³/mol. The van der Waals surface area contributed by atoms with Gasteiger partial charge in [0.25, 0.3) is 0 Å². The summed E-state index contributed by atoms with van der Waals surface area (Å²) in [7, 11) is 0. The van der Waals surface area contributed by atoms with Crippen molar-refractivity contribution in [2.75, 3.05) is 9.80 Å². The van der Waals surface area contributed by atoms with Crippen LogP contribution in [0.2, 0.25) is 0 Å². The first-order valence-electron chi connectivity index (χ1n) is 19.4. The highest BCUT2D eigenvalue weighted by molar-refractivity contribution is 6.30. The van der Waals surface area contributed by atoms with Gasteiger partial charge in [0, 0.05) is 55.7 Å². The SMILES string of the molecule is [C-]#[N+]c1cc2oc3cc4cc(N(c5ccccc5)c5cccc(C)c5)ccc4cc3c2c2c1oc1cc3cc(N(c4ccccc4)c4cccc(C)c4)ccc3cc12. The Hall–Kier alpha value is -7.81. The summed E-state index contributed by atoms with van der Waals surface area (Å²) < 4.78 is 13.3. The van der Waals surface area contributed by atoms with Crippen LogP contribution in [0.25, 0.3) is 70.3 Å². The molecule has 0 amide bonds. The van der Waals surface area contributed by atoms with Gasteiger partial charge in [-0.25, -0.2) is 4.85 Å². The van der Waals surface area contributed by atoms with Crippen molar-refractivity contribution in [3.63, 3.8) is 0 Å². The van der Waals surface area contributed by atoms with E-state index in [1.54, 1.807) is 0 Å². The van der Waals surface area contributed by atoms with Gasteiger partial charge in [-0.3, -0.25) is 0 Å². The van der Waals surface area contributed by atoms with Crippen LogP contribution in [0.4, 0.5) is 39.8 Å². The Morgan fingerprint density at radius 2 is 0.879 bits per heavy atom. The number of hydrogen-bond donors (Lipinski definition) is 0. The van der Waals surface area contributed by atoms with Gasteiger partial charge >= 0.3 is 0 Å². The molecule has 0 radical (unpaired) electrons. The van der Waals surface area contributed by atoms with Crippen molar-refractivity contribution in [2.24, 2.45) is 0 Å². The average Bonchev–Trinajstić information content (AvgIpc) is 3.79. The molecule has 0 N–H and O–H groups in total. The van der Waals surface area contributed by atoms with E-state index in [1.165, 1.54) is 11.1 Å². The Labute approximate surface area is 335 Å². The number of benzene rings is 9. The third-order valence-electron chi connectivity index (χ3n) is 11.2. The molecule has 0 aliphatic carbocycles. The molecule has 2 heterocycles. The van der Waals surface area contributed by atoms with Gasteiger partial charge in [0.1, 0.15) is 22.3 Å². The Morgan fingerprint density at radius 3 is 1.40 bits per heavy atom. The maximum atomic E-state index is 8.16. The molecule has 0 aliphatic rings. The highest BCUT2D eigenvalue weighted by atomic mass is 16.3. The molecule has 5 heteroatoms.